The summed E-state index contributed by atoms with van der Waals surface area (Å²) in [4.78, 5) is 11.6. The number of nitrogens with zero attached hydrogens (tertiary/aromatic N) is 1. The zero-order valence-corrected chi connectivity index (χ0v) is 11.6. The minimum Gasteiger partial charge on any atom is -0.483 e. The third kappa shape index (κ3) is 4.00. The van der Waals surface area contributed by atoms with Gasteiger partial charge in [-0.1, -0.05) is 0 Å². The summed E-state index contributed by atoms with van der Waals surface area (Å²) in [5.74, 6) is 1.53. The van der Waals surface area contributed by atoms with Crippen molar-refractivity contribution in [2.24, 2.45) is 5.73 Å². The zero-order valence-electron chi connectivity index (χ0n) is 11.6. The predicted molar refractivity (Wildman–Crippen MR) is 74.1 cm³/mol. The average Bonchev–Trinajstić information content (AvgIpc) is 2.92. The van der Waals surface area contributed by atoms with Crippen molar-refractivity contribution in [3.05, 3.63) is 17.7 Å². The molecule has 112 valence electrons. The number of benzene rings is 1. The molecule has 0 atom stereocenters. The van der Waals surface area contributed by atoms with E-state index in [2.05, 4.69) is 5.32 Å². The lowest BCUT2D eigenvalue weighted by atomic mass is 10.1. The molecule has 7 nitrogen and oxygen atoms in total. The molecule has 3 N–H and O–H groups in total. The second-order valence-corrected chi connectivity index (χ2v) is 4.40. The molecule has 1 heterocycles. The fourth-order valence-corrected chi connectivity index (χ4v) is 1.90. The Labute approximate surface area is 122 Å². The van der Waals surface area contributed by atoms with Crippen molar-refractivity contribution in [3.63, 3.8) is 0 Å². The predicted octanol–water partition coefficient (Wildman–Crippen LogP) is 0.325. The maximum absolute atomic E-state index is 11.6. The van der Waals surface area contributed by atoms with Crippen LogP contribution in [0, 0.1) is 11.3 Å². The number of hydrogen-bond acceptors (Lipinski definition) is 6. The number of amides is 1. The van der Waals surface area contributed by atoms with Crippen molar-refractivity contribution in [2.75, 3.05) is 26.5 Å². The molecule has 0 aromatic heterocycles. The molecule has 0 spiro atoms. The van der Waals surface area contributed by atoms with Gasteiger partial charge in [0.25, 0.3) is 5.91 Å². The Morgan fingerprint density at radius 3 is 2.90 bits per heavy atom. The van der Waals surface area contributed by atoms with Gasteiger partial charge in [0.2, 0.25) is 6.79 Å². The Hall–Kier alpha value is -2.46. The third-order valence-corrected chi connectivity index (χ3v) is 2.89. The minimum atomic E-state index is -0.276. The van der Waals surface area contributed by atoms with Crippen LogP contribution >= 0.6 is 0 Å². The summed E-state index contributed by atoms with van der Waals surface area (Å²) in [5, 5.41) is 11.0. The number of ether oxygens (including phenoxy) is 3. The van der Waals surface area contributed by atoms with Crippen LogP contribution in [-0.4, -0.2) is 32.4 Å². The number of carbonyl (C=O) groups is 1. The van der Waals surface area contributed by atoms with Crippen LogP contribution in [0.25, 0.3) is 0 Å². The number of carbonyl (C=O) groups excluding carboxylic acids is 1. The fraction of sp³-hybridized carbons (Fsp3) is 0.429. The Balaban J connectivity index is 1.98. The Bertz CT molecular complexity index is 554. The first kappa shape index (κ1) is 14.9. The molecule has 0 radical (unpaired) electrons. The van der Waals surface area contributed by atoms with Crippen LogP contribution in [0.3, 0.4) is 0 Å². The SMILES string of the molecule is N#CCCNC(=O)COc1cc2c(cc1CCN)OCO2. The van der Waals surface area contributed by atoms with E-state index in [1.165, 1.54) is 0 Å². The van der Waals surface area contributed by atoms with Crippen molar-refractivity contribution in [1.29, 1.82) is 5.26 Å². The smallest absolute Gasteiger partial charge is 0.257 e. The van der Waals surface area contributed by atoms with Crippen LogP contribution in [0.15, 0.2) is 12.1 Å². The molecule has 0 unspecified atom stereocenters. The van der Waals surface area contributed by atoms with Gasteiger partial charge in [-0.25, -0.2) is 0 Å². The van der Waals surface area contributed by atoms with E-state index >= 15 is 0 Å². The van der Waals surface area contributed by atoms with E-state index in [1.54, 1.807) is 6.07 Å². The summed E-state index contributed by atoms with van der Waals surface area (Å²) in [6.45, 7) is 0.831. The second-order valence-electron chi connectivity index (χ2n) is 4.40. The molecule has 21 heavy (non-hydrogen) atoms. The van der Waals surface area contributed by atoms with E-state index < -0.39 is 0 Å². The topological polar surface area (TPSA) is 107 Å². The molecule has 1 aliphatic heterocycles. The van der Waals surface area contributed by atoms with Crippen molar-refractivity contribution < 1.29 is 19.0 Å². The fourth-order valence-electron chi connectivity index (χ4n) is 1.90. The molecule has 2 rings (SSSR count). The summed E-state index contributed by atoms with van der Waals surface area (Å²) in [6.07, 6.45) is 0.885. The first-order valence-corrected chi connectivity index (χ1v) is 6.63. The van der Waals surface area contributed by atoms with Gasteiger partial charge in [0.1, 0.15) is 5.75 Å². The summed E-state index contributed by atoms with van der Waals surface area (Å²) >= 11 is 0. The van der Waals surface area contributed by atoms with Crippen molar-refractivity contribution >= 4 is 5.91 Å². The second kappa shape index (κ2) is 7.36. The van der Waals surface area contributed by atoms with Gasteiger partial charge in [0.15, 0.2) is 18.1 Å². The molecule has 1 aliphatic rings. The molecule has 7 heteroatoms. The Kier molecular flexibility index (Phi) is 5.23. The van der Waals surface area contributed by atoms with Crippen LogP contribution < -0.4 is 25.3 Å². The lowest BCUT2D eigenvalue weighted by Crippen LogP contribution is -2.29. The standard InChI is InChI=1S/C14H17N3O4/c15-3-1-5-17-14(18)8-19-11-7-13-12(20-9-21-13)6-10(11)2-4-16/h6-7H,1-2,4-5,8-9,16H2,(H,17,18). The van der Waals surface area contributed by atoms with Gasteiger partial charge < -0.3 is 25.3 Å². The highest BCUT2D eigenvalue weighted by Crippen LogP contribution is 2.38. The highest BCUT2D eigenvalue weighted by Gasteiger charge is 2.18. The highest BCUT2D eigenvalue weighted by atomic mass is 16.7. The van der Waals surface area contributed by atoms with Gasteiger partial charge in [-0.05, 0) is 24.6 Å². The zero-order chi connectivity index (χ0) is 15.1. The molecule has 0 aliphatic carbocycles. The summed E-state index contributed by atoms with van der Waals surface area (Å²) in [6, 6.07) is 5.47. The number of fused-ring (bicyclic) bond motifs is 1. The van der Waals surface area contributed by atoms with Crippen LogP contribution in [0.1, 0.15) is 12.0 Å². The van der Waals surface area contributed by atoms with Crippen LogP contribution in [0.5, 0.6) is 17.2 Å². The first-order valence-electron chi connectivity index (χ1n) is 6.63. The normalized spacial score (nSPS) is 11.8. The van der Waals surface area contributed by atoms with Gasteiger partial charge in [0, 0.05) is 12.6 Å². The largest absolute Gasteiger partial charge is 0.483 e. The van der Waals surface area contributed by atoms with E-state index in [0.29, 0.717) is 36.8 Å². The molecule has 0 bridgehead atoms. The van der Waals surface area contributed by atoms with Gasteiger partial charge in [0.05, 0.1) is 12.5 Å². The molecule has 1 aromatic rings. The first-order chi connectivity index (χ1) is 10.2. The van der Waals surface area contributed by atoms with Crippen molar-refractivity contribution in [3.8, 4) is 23.3 Å². The maximum Gasteiger partial charge on any atom is 0.257 e. The average molecular weight is 291 g/mol. The van der Waals surface area contributed by atoms with Crippen molar-refractivity contribution in [1.82, 2.24) is 5.32 Å². The van der Waals surface area contributed by atoms with E-state index in [1.807, 2.05) is 12.1 Å². The molecule has 0 saturated carbocycles. The molecule has 1 amide bonds. The Morgan fingerprint density at radius 2 is 2.19 bits per heavy atom. The maximum atomic E-state index is 11.6. The molecule has 0 fully saturated rings. The summed E-state index contributed by atoms with van der Waals surface area (Å²) in [7, 11) is 0. The van der Waals surface area contributed by atoms with Gasteiger partial charge in [-0.15, -0.1) is 0 Å². The summed E-state index contributed by atoms with van der Waals surface area (Å²) in [5.41, 5.74) is 6.44. The van der Waals surface area contributed by atoms with Gasteiger partial charge >= 0.3 is 0 Å². The number of rotatable bonds is 7. The minimum absolute atomic E-state index is 0.122. The lowest BCUT2D eigenvalue weighted by molar-refractivity contribution is -0.123. The van der Waals surface area contributed by atoms with Gasteiger partial charge in [-0.2, -0.15) is 5.26 Å². The van der Waals surface area contributed by atoms with Crippen LogP contribution in [0.4, 0.5) is 0 Å². The summed E-state index contributed by atoms with van der Waals surface area (Å²) < 4.78 is 16.1. The van der Waals surface area contributed by atoms with Crippen molar-refractivity contribution in [2.45, 2.75) is 12.8 Å². The third-order valence-electron chi connectivity index (χ3n) is 2.89. The van der Waals surface area contributed by atoms with Crippen LogP contribution in [-0.2, 0) is 11.2 Å². The molecular weight excluding hydrogens is 274 g/mol. The quantitative estimate of drug-likeness (QED) is 0.701. The van der Waals surface area contributed by atoms with Gasteiger partial charge in [-0.3, -0.25) is 4.79 Å². The van der Waals surface area contributed by atoms with E-state index in [-0.39, 0.29) is 25.7 Å². The number of hydrogen-bond donors (Lipinski definition) is 2. The van der Waals surface area contributed by atoms with Crippen LogP contribution in [0.2, 0.25) is 0 Å². The molecule has 0 saturated heterocycles. The lowest BCUT2D eigenvalue weighted by Gasteiger charge is -2.12. The van der Waals surface area contributed by atoms with E-state index in [0.717, 1.165) is 5.56 Å². The van der Waals surface area contributed by atoms with E-state index in [4.69, 9.17) is 25.2 Å². The number of nitriles is 1. The number of nitrogens with one attached hydrogen (secondary N) is 1. The monoisotopic (exact) mass is 291 g/mol. The number of nitrogens with two attached hydrogens (primary N) is 1. The molecule has 1 aromatic carbocycles. The van der Waals surface area contributed by atoms with E-state index in [9.17, 15) is 4.79 Å². The highest BCUT2D eigenvalue weighted by molar-refractivity contribution is 5.77. The Morgan fingerprint density at radius 1 is 1.43 bits per heavy atom. The molecular formula is C14H17N3O4.